The molecule has 1 fully saturated rings. The quantitative estimate of drug-likeness (QED) is 0.474. The van der Waals surface area contributed by atoms with Crippen molar-refractivity contribution in [1.29, 1.82) is 0 Å². The lowest BCUT2D eigenvalue weighted by atomic mass is 10.0. The highest BCUT2D eigenvalue weighted by Crippen LogP contribution is 2.37. The minimum atomic E-state index is -3.01. The summed E-state index contributed by atoms with van der Waals surface area (Å²) in [4.78, 5) is 30.2. The molecule has 1 aliphatic carbocycles. The van der Waals surface area contributed by atoms with Crippen LogP contribution in [0.1, 0.15) is 49.4 Å². The van der Waals surface area contributed by atoms with E-state index in [4.69, 9.17) is 20.6 Å². The Morgan fingerprint density at radius 3 is 2.64 bits per heavy atom. The number of ether oxygens (including phenoxy) is 2. The number of aromatic nitrogens is 1. The monoisotopic (exact) mass is 505 g/mol. The highest BCUT2D eigenvalue weighted by Gasteiger charge is 2.31. The van der Waals surface area contributed by atoms with E-state index < -0.39 is 24.1 Å². The van der Waals surface area contributed by atoms with Crippen LogP contribution in [0.3, 0.4) is 0 Å². The molecule has 36 heavy (non-hydrogen) atoms. The fourth-order valence-electron chi connectivity index (χ4n) is 3.66. The van der Waals surface area contributed by atoms with Crippen molar-refractivity contribution >= 4 is 11.9 Å². The van der Waals surface area contributed by atoms with Gasteiger partial charge in [-0.15, -0.1) is 0 Å². The number of carbonyl (C=O) groups excluding carboxylic acids is 2. The minimum absolute atomic E-state index is 0.0101. The fraction of sp³-hybridized carbons (Fsp3) is 0.458. The molecular formula is C24H29F2N5O5. The molecule has 3 amide bonds. The number of nitrogens with two attached hydrogens (primary N) is 2. The lowest BCUT2D eigenvalue weighted by Crippen LogP contribution is -2.41. The molecule has 0 unspecified atom stereocenters. The number of urea groups is 1. The molecule has 0 atom stereocenters. The summed E-state index contributed by atoms with van der Waals surface area (Å²) >= 11 is 0. The zero-order chi connectivity index (χ0) is 26.0. The molecule has 4 rings (SSSR count). The van der Waals surface area contributed by atoms with E-state index in [0.29, 0.717) is 36.8 Å². The van der Waals surface area contributed by atoms with Crippen molar-refractivity contribution in [3.63, 3.8) is 0 Å². The van der Waals surface area contributed by atoms with Crippen LogP contribution in [0.4, 0.5) is 13.6 Å². The Labute approximate surface area is 206 Å². The van der Waals surface area contributed by atoms with Crippen molar-refractivity contribution in [1.82, 2.24) is 15.2 Å². The van der Waals surface area contributed by atoms with E-state index in [1.165, 1.54) is 23.1 Å². The molecule has 1 aromatic carbocycles. The van der Waals surface area contributed by atoms with Gasteiger partial charge in [0.2, 0.25) is 5.89 Å². The molecule has 1 saturated carbocycles. The number of nitrogens with one attached hydrogen (secondary N) is 1. The SMILES string of the molecule is CC(C)(N)c1oc(-c2ccc(OC(F)F)c(OCC3CC3)c2)nc1C(=O)NC1=CCN(C(N)=O)CC1. The summed E-state index contributed by atoms with van der Waals surface area (Å²) in [6.07, 6.45) is 4.16. The van der Waals surface area contributed by atoms with Crippen LogP contribution in [-0.4, -0.2) is 48.1 Å². The number of rotatable bonds is 9. The number of hydrogen-bond acceptors (Lipinski definition) is 7. The maximum absolute atomic E-state index is 13.1. The molecule has 10 nitrogen and oxygen atoms in total. The van der Waals surface area contributed by atoms with E-state index in [-0.39, 0.29) is 35.4 Å². The third-order valence-corrected chi connectivity index (χ3v) is 5.80. The van der Waals surface area contributed by atoms with Crippen LogP contribution < -0.4 is 26.3 Å². The van der Waals surface area contributed by atoms with Crippen molar-refractivity contribution < 1.29 is 32.3 Å². The molecule has 0 saturated heterocycles. The molecule has 1 aromatic heterocycles. The standard InChI is InChI=1S/C24H29F2N5O5/c1-24(2,28)19-18(20(32)29-15-7-9-31(10-8-15)23(27)33)30-21(36-19)14-5-6-16(35-22(25)26)17(11-14)34-12-13-3-4-13/h5-7,11,13,22H,3-4,8-10,12,28H2,1-2H3,(H2,27,33)(H,29,32). The maximum Gasteiger partial charge on any atom is 0.387 e. The highest BCUT2D eigenvalue weighted by atomic mass is 19.3. The van der Waals surface area contributed by atoms with Gasteiger partial charge in [0, 0.05) is 30.8 Å². The van der Waals surface area contributed by atoms with Crippen LogP contribution in [0.25, 0.3) is 11.5 Å². The molecule has 2 heterocycles. The van der Waals surface area contributed by atoms with E-state index >= 15 is 0 Å². The molecule has 2 aromatic rings. The van der Waals surface area contributed by atoms with Crippen LogP contribution in [-0.2, 0) is 5.54 Å². The van der Waals surface area contributed by atoms with Gasteiger partial charge in [-0.25, -0.2) is 9.78 Å². The summed E-state index contributed by atoms with van der Waals surface area (Å²) in [6.45, 7) is 1.36. The first-order chi connectivity index (χ1) is 17.0. The second kappa shape index (κ2) is 10.1. The van der Waals surface area contributed by atoms with Crippen LogP contribution in [0.15, 0.2) is 34.4 Å². The van der Waals surface area contributed by atoms with Gasteiger partial charge < -0.3 is 35.6 Å². The van der Waals surface area contributed by atoms with Gasteiger partial charge in [0.1, 0.15) is 0 Å². The Hall–Kier alpha value is -3.67. The van der Waals surface area contributed by atoms with E-state index in [0.717, 1.165) is 12.8 Å². The summed E-state index contributed by atoms with van der Waals surface area (Å²) in [5.41, 5.74) is 11.5. The summed E-state index contributed by atoms with van der Waals surface area (Å²) < 4.78 is 42.0. The molecule has 0 bridgehead atoms. The number of hydrogen-bond donors (Lipinski definition) is 3. The van der Waals surface area contributed by atoms with Gasteiger partial charge in [-0.2, -0.15) is 8.78 Å². The number of benzene rings is 1. The van der Waals surface area contributed by atoms with Crippen molar-refractivity contribution in [2.45, 2.75) is 45.3 Å². The van der Waals surface area contributed by atoms with Crippen molar-refractivity contribution in [2.24, 2.45) is 17.4 Å². The first-order valence-electron chi connectivity index (χ1n) is 11.6. The summed E-state index contributed by atoms with van der Waals surface area (Å²) in [6, 6.07) is 3.79. The van der Waals surface area contributed by atoms with Gasteiger partial charge in [-0.1, -0.05) is 0 Å². The van der Waals surface area contributed by atoms with Crippen LogP contribution in [0, 0.1) is 5.92 Å². The largest absolute Gasteiger partial charge is 0.489 e. The molecule has 5 N–H and O–H groups in total. The summed E-state index contributed by atoms with van der Waals surface area (Å²) in [5, 5.41) is 2.79. The van der Waals surface area contributed by atoms with E-state index in [9.17, 15) is 18.4 Å². The molecule has 12 heteroatoms. The Morgan fingerprint density at radius 2 is 2.06 bits per heavy atom. The number of primary amides is 1. The lowest BCUT2D eigenvalue weighted by molar-refractivity contribution is -0.0515. The average molecular weight is 506 g/mol. The molecular weight excluding hydrogens is 476 g/mol. The second-order valence-corrected chi connectivity index (χ2v) is 9.43. The first-order valence-corrected chi connectivity index (χ1v) is 11.6. The lowest BCUT2D eigenvalue weighted by Gasteiger charge is -2.24. The van der Waals surface area contributed by atoms with Gasteiger partial charge >= 0.3 is 12.6 Å². The van der Waals surface area contributed by atoms with Crippen LogP contribution >= 0.6 is 0 Å². The number of amides is 3. The van der Waals surface area contributed by atoms with Crippen molar-refractivity contribution in [3.8, 4) is 23.0 Å². The molecule has 0 radical (unpaired) electrons. The average Bonchev–Trinajstić information content (AvgIpc) is 3.52. The smallest absolute Gasteiger partial charge is 0.387 e. The number of alkyl halides is 2. The van der Waals surface area contributed by atoms with Gasteiger partial charge in [-0.3, -0.25) is 4.79 Å². The van der Waals surface area contributed by atoms with Gasteiger partial charge in [0.05, 0.1) is 12.1 Å². The summed E-state index contributed by atoms with van der Waals surface area (Å²) in [5.74, 6) is 0.111. The second-order valence-electron chi connectivity index (χ2n) is 9.43. The fourth-order valence-corrected chi connectivity index (χ4v) is 3.66. The van der Waals surface area contributed by atoms with Gasteiger partial charge in [0.15, 0.2) is 23.0 Å². The first kappa shape index (κ1) is 25.4. The molecule has 1 aliphatic heterocycles. The van der Waals surface area contributed by atoms with Gasteiger partial charge in [-0.05, 0) is 56.9 Å². The predicted molar refractivity (Wildman–Crippen MR) is 125 cm³/mol. The summed E-state index contributed by atoms with van der Waals surface area (Å²) in [7, 11) is 0. The van der Waals surface area contributed by atoms with Gasteiger partial charge in [0.25, 0.3) is 5.91 Å². The van der Waals surface area contributed by atoms with Crippen molar-refractivity contribution in [2.75, 3.05) is 19.7 Å². The van der Waals surface area contributed by atoms with Crippen LogP contribution in [0.5, 0.6) is 11.5 Å². The molecule has 2 aliphatic rings. The van der Waals surface area contributed by atoms with Crippen LogP contribution in [0.2, 0.25) is 0 Å². The normalized spacial score (nSPS) is 16.1. The molecule has 194 valence electrons. The third-order valence-electron chi connectivity index (χ3n) is 5.80. The Morgan fingerprint density at radius 1 is 1.31 bits per heavy atom. The minimum Gasteiger partial charge on any atom is -0.489 e. The van der Waals surface area contributed by atoms with Crippen molar-refractivity contribution in [3.05, 3.63) is 41.4 Å². The number of nitrogens with zero attached hydrogens (tertiary/aromatic N) is 2. The number of halogens is 2. The topological polar surface area (TPSA) is 146 Å². The zero-order valence-electron chi connectivity index (χ0n) is 20.1. The maximum atomic E-state index is 13.1. The third kappa shape index (κ3) is 6.11. The highest BCUT2D eigenvalue weighted by molar-refractivity contribution is 5.95. The number of oxazole rings is 1. The Kier molecular flexibility index (Phi) is 7.16. The Bertz CT molecular complexity index is 1170. The Balaban J connectivity index is 1.61. The van der Waals surface area contributed by atoms with E-state index in [2.05, 4.69) is 15.0 Å². The zero-order valence-corrected chi connectivity index (χ0v) is 20.1. The molecule has 0 spiro atoms. The predicted octanol–water partition coefficient (Wildman–Crippen LogP) is 3.32. The van der Waals surface area contributed by atoms with E-state index in [1.807, 2.05) is 0 Å². The van der Waals surface area contributed by atoms with E-state index in [1.54, 1.807) is 19.9 Å². The number of carbonyl (C=O) groups is 2.